The number of carbonyl (C=O) groups excluding carboxylic acids is 1. The van der Waals surface area contributed by atoms with Crippen molar-refractivity contribution in [1.29, 1.82) is 0 Å². The average Bonchev–Trinajstić information content (AvgIpc) is 3.23. The molecule has 2 aromatic rings. The predicted molar refractivity (Wildman–Crippen MR) is 105 cm³/mol. The maximum absolute atomic E-state index is 13.4. The molecule has 6 nitrogen and oxygen atoms in total. The smallest absolute Gasteiger partial charge is 0.255 e. The number of para-hydroxylation sites is 1. The Hall–Kier alpha value is -2.34. The lowest BCUT2D eigenvalue weighted by Crippen LogP contribution is -2.41. The lowest BCUT2D eigenvalue weighted by Gasteiger charge is -2.35. The van der Waals surface area contributed by atoms with Crippen molar-refractivity contribution in [2.45, 2.75) is 32.2 Å². The number of amides is 1. The molecule has 1 atom stereocenters. The van der Waals surface area contributed by atoms with E-state index in [0.717, 1.165) is 62.6 Å². The van der Waals surface area contributed by atoms with Crippen LogP contribution in [0.2, 0.25) is 0 Å². The van der Waals surface area contributed by atoms with Crippen molar-refractivity contribution in [3.8, 4) is 0 Å². The van der Waals surface area contributed by atoms with Crippen LogP contribution >= 0.6 is 0 Å². The van der Waals surface area contributed by atoms with Gasteiger partial charge in [0.15, 0.2) is 0 Å². The van der Waals surface area contributed by atoms with Crippen LogP contribution in [0.1, 0.15) is 41.9 Å². The summed E-state index contributed by atoms with van der Waals surface area (Å²) in [6.45, 7) is 7.71. The second-order valence-electron chi connectivity index (χ2n) is 7.28. The summed E-state index contributed by atoms with van der Waals surface area (Å²) in [6, 6.07) is 7.99. The number of rotatable bonds is 4. The minimum absolute atomic E-state index is 0.136. The van der Waals surface area contributed by atoms with E-state index in [-0.39, 0.29) is 5.91 Å². The van der Waals surface area contributed by atoms with Crippen LogP contribution in [0.4, 0.5) is 5.69 Å². The molecule has 2 fully saturated rings. The van der Waals surface area contributed by atoms with Gasteiger partial charge in [-0.2, -0.15) is 0 Å². The van der Waals surface area contributed by atoms with Gasteiger partial charge in [0.2, 0.25) is 0 Å². The summed E-state index contributed by atoms with van der Waals surface area (Å²) < 4.78 is 7.66. The standard InChI is InChI=1S/C21H28N4O2/c1-2-23-11-9-22-20(23)17-6-5-10-25(16-17)21(26)18-7-3-4-8-19(18)24-12-14-27-15-13-24/h3-4,7-9,11,17H,2,5-6,10,12-16H2,1H3. The highest BCUT2D eigenvalue weighted by molar-refractivity contribution is 6.00. The van der Waals surface area contributed by atoms with Crippen LogP contribution in [-0.4, -0.2) is 59.8 Å². The molecule has 0 spiro atoms. The van der Waals surface area contributed by atoms with E-state index in [4.69, 9.17) is 4.74 Å². The molecular weight excluding hydrogens is 340 g/mol. The highest BCUT2D eigenvalue weighted by Gasteiger charge is 2.29. The quantitative estimate of drug-likeness (QED) is 0.833. The van der Waals surface area contributed by atoms with Crippen molar-refractivity contribution >= 4 is 11.6 Å². The van der Waals surface area contributed by atoms with Crippen LogP contribution < -0.4 is 4.90 Å². The van der Waals surface area contributed by atoms with Gasteiger partial charge in [-0.25, -0.2) is 4.98 Å². The Balaban J connectivity index is 1.54. The molecule has 144 valence electrons. The second kappa shape index (κ2) is 8.13. The third-order valence-corrected chi connectivity index (χ3v) is 5.65. The Morgan fingerprint density at radius 1 is 1.22 bits per heavy atom. The molecule has 0 radical (unpaired) electrons. The monoisotopic (exact) mass is 368 g/mol. The Bertz CT molecular complexity index is 782. The number of imidazole rings is 1. The largest absolute Gasteiger partial charge is 0.378 e. The van der Waals surface area contributed by atoms with Crippen molar-refractivity contribution in [3.05, 3.63) is 48.0 Å². The van der Waals surface area contributed by atoms with E-state index in [2.05, 4.69) is 27.4 Å². The minimum atomic E-state index is 0.136. The molecule has 1 aromatic carbocycles. The van der Waals surface area contributed by atoms with E-state index in [0.29, 0.717) is 19.1 Å². The zero-order chi connectivity index (χ0) is 18.6. The van der Waals surface area contributed by atoms with Crippen LogP contribution in [0, 0.1) is 0 Å². The lowest BCUT2D eigenvalue weighted by molar-refractivity contribution is 0.0703. The van der Waals surface area contributed by atoms with Gasteiger partial charge in [-0.1, -0.05) is 12.1 Å². The van der Waals surface area contributed by atoms with Crippen LogP contribution in [0.15, 0.2) is 36.7 Å². The van der Waals surface area contributed by atoms with E-state index in [1.165, 1.54) is 0 Å². The van der Waals surface area contributed by atoms with Gasteiger partial charge in [0, 0.05) is 56.7 Å². The molecule has 2 aliphatic rings. The molecule has 2 saturated heterocycles. The molecule has 1 amide bonds. The number of hydrogen-bond acceptors (Lipinski definition) is 4. The number of likely N-dealkylation sites (tertiary alicyclic amines) is 1. The van der Waals surface area contributed by atoms with Gasteiger partial charge >= 0.3 is 0 Å². The van der Waals surface area contributed by atoms with E-state index in [1.54, 1.807) is 0 Å². The van der Waals surface area contributed by atoms with Gasteiger partial charge in [0.25, 0.3) is 5.91 Å². The summed E-state index contributed by atoms with van der Waals surface area (Å²) in [5.74, 6) is 1.56. The van der Waals surface area contributed by atoms with Crippen molar-refractivity contribution in [2.24, 2.45) is 0 Å². The zero-order valence-electron chi connectivity index (χ0n) is 16.0. The molecule has 1 aromatic heterocycles. The van der Waals surface area contributed by atoms with Crippen molar-refractivity contribution in [3.63, 3.8) is 0 Å². The first-order valence-corrected chi connectivity index (χ1v) is 10.00. The minimum Gasteiger partial charge on any atom is -0.378 e. The second-order valence-corrected chi connectivity index (χ2v) is 7.28. The summed E-state index contributed by atoms with van der Waals surface area (Å²) in [4.78, 5) is 22.2. The lowest BCUT2D eigenvalue weighted by atomic mass is 9.96. The highest BCUT2D eigenvalue weighted by Crippen LogP contribution is 2.29. The zero-order valence-corrected chi connectivity index (χ0v) is 16.0. The Kier molecular flexibility index (Phi) is 5.43. The molecule has 0 N–H and O–H groups in total. The third kappa shape index (κ3) is 3.72. The predicted octanol–water partition coefficient (Wildman–Crippen LogP) is 2.76. The summed E-state index contributed by atoms with van der Waals surface area (Å²) in [5, 5.41) is 0. The van der Waals surface area contributed by atoms with Gasteiger partial charge in [-0.05, 0) is 31.9 Å². The fraction of sp³-hybridized carbons (Fsp3) is 0.524. The highest BCUT2D eigenvalue weighted by atomic mass is 16.5. The number of benzene rings is 1. The first-order chi connectivity index (χ1) is 13.3. The average molecular weight is 368 g/mol. The number of ether oxygens (including phenoxy) is 1. The summed E-state index contributed by atoms with van der Waals surface area (Å²) in [7, 11) is 0. The van der Waals surface area contributed by atoms with Crippen LogP contribution in [0.5, 0.6) is 0 Å². The van der Waals surface area contributed by atoms with Crippen molar-refractivity contribution in [2.75, 3.05) is 44.3 Å². The number of aryl methyl sites for hydroxylation is 1. The Morgan fingerprint density at radius 3 is 2.85 bits per heavy atom. The fourth-order valence-electron chi connectivity index (χ4n) is 4.23. The summed E-state index contributed by atoms with van der Waals surface area (Å²) in [5.41, 5.74) is 1.84. The Labute approximate surface area is 160 Å². The first kappa shape index (κ1) is 18.0. The molecule has 6 heteroatoms. The van der Waals surface area contributed by atoms with Crippen LogP contribution in [0.3, 0.4) is 0 Å². The number of carbonyl (C=O) groups is 1. The molecule has 0 bridgehead atoms. The molecule has 4 rings (SSSR count). The molecule has 3 heterocycles. The van der Waals surface area contributed by atoms with Gasteiger partial charge in [-0.15, -0.1) is 0 Å². The van der Waals surface area contributed by atoms with Crippen LogP contribution in [0.25, 0.3) is 0 Å². The summed E-state index contributed by atoms with van der Waals surface area (Å²) in [6.07, 6.45) is 6.01. The maximum Gasteiger partial charge on any atom is 0.255 e. The van der Waals surface area contributed by atoms with E-state index in [1.807, 2.05) is 35.5 Å². The number of hydrogen-bond donors (Lipinski definition) is 0. The van der Waals surface area contributed by atoms with Crippen LogP contribution in [-0.2, 0) is 11.3 Å². The molecule has 1 unspecified atom stereocenters. The van der Waals surface area contributed by atoms with E-state index in [9.17, 15) is 4.79 Å². The van der Waals surface area contributed by atoms with Gasteiger partial charge in [0.05, 0.1) is 18.8 Å². The van der Waals surface area contributed by atoms with Gasteiger partial charge in [0.1, 0.15) is 5.82 Å². The number of nitrogens with zero attached hydrogens (tertiary/aromatic N) is 4. The third-order valence-electron chi connectivity index (χ3n) is 5.65. The van der Waals surface area contributed by atoms with Crippen molar-refractivity contribution in [1.82, 2.24) is 14.5 Å². The first-order valence-electron chi connectivity index (χ1n) is 10.00. The van der Waals surface area contributed by atoms with Crippen molar-refractivity contribution < 1.29 is 9.53 Å². The van der Waals surface area contributed by atoms with Gasteiger partial charge in [-0.3, -0.25) is 4.79 Å². The number of morpholine rings is 1. The molecule has 0 saturated carbocycles. The topological polar surface area (TPSA) is 50.6 Å². The van der Waals surface area contributed by atoms with E-state index < -0.39 is 0 Å². The number of piperidine rings is 1. The van der Waals surface area contributed by atoms with E-state index >= 15 is 0 Å². The normalized spacial score (nSPS) is 20.7. The molecule has 27 heavy (non-hydrogen) atoms. The number of anilines is 1. The Morgan fingerprint density at radius 2 is 2.04 bits per heavy atom. The van der Waals surface area contributed by atoms with Gasteiger partial charge < -0.3 is 19.1 Å². The fourth-order valence-corrected chi connectivity index (χ4v) is 4.23. The SMILES string of the molecule is CCn1ccnc1C1CCCN(C(=O)c2ccccc2N2CCOCC2)C1. The molecular formula is C21H28N4O2. The maximum atomic E-state index is 13.4. The summed E-state index contributed by atoms with van der Waals surface area (Å²) >= 11 is 0. The molecule has 2 aliphatic heterocycles. The molecule has 0 aliphatic carbocycles. The number of aromatic nitrogens is 2.